The molecule has 0 atom stereocenters. The van der Waals surface area contributed by atoms with Crippen molar-refractivity contribution in [2.24, 2.45) is 0 Å². The molecule has 0 unspecified atom stereocenters. The van der Waals surface area contributed by atoms with Crippen LogP contribution in [-0.2, 0) is 6.54 Å². The van der Waals surface area contributed by atoms with Gasteiger partial charge in [0.05, 0.1) is 17.1 Å². The lowest BCUT2D eigenvalue weighted by molar-refractivity contribution is 0.193. The average Bonchev–Trinajstić information content (AvgIpc) is 3.38. The molecule has 134 valence electrons. The third-order valence-electron chi connectivity index (χ3n) is 4.11. The Balaban J connectivity index is 1.27. The van der Waals surface area contributed by atoms with E-state index >= 15 is 0 Å². The van der Waals surface area contributed by atoms with E-state index in [9.17, 15) is 4.79 Å². The molecule has 9 heteroatoms. The summed E-state index contributed by atoms with van der Waals surface area (Å²) < 4.78 is 5.46. The third kappa shape index (κ3) is 3.67. The van der Waals surface area contributed by atoms with Gasteiger partial charge >= 0.3 is 6.03 Å². The molecule has 3 aromatic rings. The molecule has 1 aliphatic rings. The number of oxazole rings is 1. The Kier molecular flexibility index (Phi) is 4.78. The number of nitrogens with zero attached hydrogens (tertiary/aromatic N) is 5. The molecule has 2 amide bonds. The average molecular weight is 370 g/mol. The van der Waals surface area contributed by atoms with E-state index in [0.717, 1.165) is 4.88 Å². The molecule has 4 heterocycles. The second-order valence-corrected chi connectivity index (χ2v) is 6.75. The second-order valence-electron chi connectivity index (χ2n) is 5.80. The maximum Gasteiger partial charge on any atom is 0.317 e. The normalized spacial score (nSPS) is 14.5. The second kappa shape index (κ2) is 7.52. The van der Waals surface area contributed by atoms with E-state index < -0.39 is 0 Å². The molecule has 0 radical (unpaired) electrons. The van der Waals surface area contributed by atoms with Crippen molar-refractivity contribution in [2.75, 3.05) is 31.1 Å². The van der Waals surface area contributed by atoms with Crippen LogP contribution in [0.1, 0.15) is 5.69 Å². The summed E-state index contributed by atoms with van der Waals surface area (Å²) >= 11 is 1.57. The van der Waals surface area contributed by atoms with Crippen LogP contribution < -0.4 is 10.2 Å². The number of amides is 2. The minimum absolute atomic E-state index is 0.0979. The predicted molar refractivity (Wildman–Crippen MR) is 97.9 cm³/mol. The first-order chi connectivity index (χ1) is 12.8. The van der Waals surface area contributed by atoms with Gasteiger partial charge in [0, 0.05) is 38.6 Å². The first-order valence-electron chi connectivity index (χ1n) is 8.32. The fraction of sp³-hybridized carbons (Fsp3) is 0.294. The van der Waals surface area contributed by atoms with E-state index in [-0.39, 0.29) is 6.03 Å². The van der Waals surface area contributed by atoms with Gasteiger partial charge in [-0.1, -0.05) is 6.07 Å². The van der Waals surface area contributed by atoms with Crippen LogP contribution in [0.5, 0.6) is 0 Å². The lowest BCUT2D eigenvalue weighted by Gasteiger charge is -2.34. The smallest absolute Gasteiger partial charge is 0.317 e. The number of rotatable bonds is 4. The zero-order valence-corrected chi connectivity index (χ0v) is 14.9. The molecular formula is C17H18N6O2S. The van der Waals surface area contributed by atoms with Crippen molar-refractivity contribution in [1.82, 2.24) is 25.2 Å². The number of anilines is 1. The van der Waals surface area contributed by atoms with Crippen LogP contribution in [0, 0.1) is 0 Å². The van der Waals surface area contributed by atoms with Gasteiger partial charge in [-0.3, -0.25) is 0 Å². The fourth-order valence-corrected chi connectivity index (χ4v) is 3.40. The van der Waals surface area contributed by atoms with Gasteiger partial charge in [0.1, 0.15) is 6.26 Å². The Morgan fingerprint density at radius 3 is 2.73 bits per heavy atom. The Morgan fingerprint density at radius 2 is 2.00 bits per heavy atom. The Bertz CT molecular complexity index is 843. The molecular weight excluding hydrogens is 352 g/mol. The fourth-order valence-electron chi connectivity index (χ4n) is 2.74. The summed E-state index contributed by atoms with van der Waals surface area (Å²) in [5.41, 5.74) is 0.707. The highest BCUT2D eigenvalue weighted by molar-refractivity contribution is 7.13. The summed E-state index contributed by atoms with van der Waals surface area (Å²) in [6.07, 6.45) is 5.04. The number of hydrogen-bond acceptors (Lipinski definition) is 7. The zero-order chi connectivity index (χ0) is 17.8. The minimum Gasteiger partial charge on any atom is -0.443 e. The lowest BCUT2D eigenvalue weighted by atomic mass is 10.3. The quantitative estimate of drug-likeness (QED) is 0.758. The van der Waals surface area contributed by atoms with Crippen molar-refractivity contribution >= 4 is 23.3 Å². The molecule has 4 rings (SSSR count). The summed E-state index contributed by atoms with van der Waals surface area (Å²) in [4.78, 5) is 30.1. The van der Waals surface area contributed by atoms with Crippen LogP contribution in [0.25, 0.3) is 10.8 Å². The first-order valence-corrected chi connectivity index (χ1v) is 9.20. The SMILES string of the molecule is O=C(NCc1coc(-c2cccs2)n1)N1CCN(c2ncccn2)CC1. The van der Waals surface area contributed by atoms with Crippen LogP contribution >= 0.6 is 11.3 Å². The summed E-state index contributed by atoms with van der Waals surface area (Å²) in [7, 11) is 0. The van der Waals surface area contributed by atoms with Gasteiger partial charge in [0.15, 0.2) is 0 Å². The monoisotopic (exact) mass is 370 g/mol. The van der Waals surface area contributed by atoms with E-state index in [2.05, 4.69) is 25.2 Å². The van der Waals surface area contributed by atoms with Crippen molar-refractivity contribution in [3.63, 3.8) is 0 Å². The lowest BCUT2D eigenvalue weighted by Crippen LogP contribution is -2.52. The van der Waals surface area contributed by atoms with E-state index in [1.807, 2.05) is 17.5 Å². The molecule has 0 spiro atoms. The Hall–Kier alpha value is -2.94. The number of nitrogens with one attached hydrogen (secondary N) is 1. The summed E-state index contributed by atoms with van der Waals surface area (Å²) in [5, 5.41) is 4.87. The molecule has 3 aromatic heterocycles. The number of hydrogen-bond donors (Lipinski definition) is 1. The van der Waals surface area contributed by atoms with Crippen molar-refractivity contribution in [2.45, 2.75) is 6.54 Å². The predicted octanol–water partition coefficient (Wildman–Crippen LogP) is 2.22. The van der Waals surface area contributed by atoms with E-state index in [0.29, 0.717) is 50.3 Å². The molecule has 26 heavy (non-hydrogen) atoms. The van der Waals surface area contributed by atoms with Crippen LogP contribution in [0.2, 0.25) is 0 Å². The summed E-state index contributed by atoms with van der Waals surface area (Å²) in [6.45, 7) is 3.02. The molecule has 0 aromatic carbocycles. The largest absolute Gasteiger partial charge is 0.443 e. The summed E-state index contributed by atoms with van der Waals surface area (Å²) in [6, 6.07) is 5.60. The van der Waals surface area contributed by atoms with Crippen molar-refractivity contribution in [1.29, 1.82) is 0 Å². The molecule has 1 fully saturated rings. The van der Waals surface area contributed by atoms with Gasteiger partial charge in [0.25, 0.3) is 0 Å². The van der Waals surface area contributed by atoms with Gasteiger partial charge in [0.2, 0.25) is 11.8 Å². The number of aromatic nitrogens is 3. The molecule has 0 saturated carbocycles. The van der Waals surface area contributed by atoms with Crippen molar-refractivity contribution in [3.05, 3.63) is 47.9 Å². The van der Waals surface area contributed by atoms with Gasteiger partial charge in [-0.05, 0) is 17.5 Å². The zero-order valence-electron chi connectivity index (χ0n) is 14.0. The van der Waals surface area contributed by atoms with E-state index in [1.54, 1.807) is 41.0 Å². The minimum atomic E-state index is -0.0979. The number of carbonyl (C=O) groups is 1. The topological polar surface area (TPSA) is 87.4 Å². The van der Waals surface area contributed by atoms with Crippen LogP contribution in [-0.4, -0.2) is 52.1 Å². The Morgan fingerprint density at radius 1 is 1.19 bits per heavy atom. The first kappa shape index (κ1) is 16.5. The van der Waals surface area contributed by atoms with Crippen molar-refractivity contribution < 1.29 is 9.21 Å². The standard InChI is InChI=1S/C17H18N6O2S/c24-17(20-11-13-12-25-15(21-13)14-3-1-10-26-14)23-8-6-22(7-9-23)16-18-4-2-5-19-16/h1-5,10,12H,6-9,11H2,(H,20,24). The van der Waals surface area contributed by atoms with Gasteiger partial charge in [-0.25, -0.2) is 19.7 Å². The highest BCUT2D eigenvalue weighted by atomic mass is 32.1. The van der Waals surface area contributed by atoms with E-state index in [4.69, 9.17) is 4.42 Å². The summed E-state index contributed by atoms with van der Waals surface area (Å²) in [5.74, 6) is 1.29. The molecule has 1 aliphatic heterocycles. The van der Waals surface area contributed by atoms with E-state index in [1.165, 1.54) is 0 Å². The molecule has 1 N–H and O–H groups in total. The molecule has 1 saturated heterocycles. The van der Waals surface area contributed by atoms with Crippen LogP contribution in [0.15, 0.2) is 46.7 Å². The highest BCUT2D eigenvalue weighted by Crippen LogP contribution is 2.23. The molecule has 8 nitrogen and oxygen atoms in total. The third-order valence-corrected chi connectivity index (χ3v) is 4.96. The number of carbonyl (C=O) groups excluding carboxylic acids is 1. The van der Waals surface area contributed by atoms with Gasteiger partial charge in [-0.2, -0.15) is 0 Å². The van der Waals surface area contributed by atoms with Crippen LogP contribution in [0.4, 0.5) is 10.7 Å². The molecule has 0 bridgehead atoms. The van der Waals surface area contributed by atoms with Gasteiger partial charge < -0.3 is 19.5 Å². The van der Waals surface area contributed by atoms with Crippen LogP contribution in [0.3, 0.4) is 0 Å². The Labute approximate surface area is 154 Å². The number of urea groups is 1. The van der Waals surface area contributed by atoms with Gasteiger partial charge in [-0.15, -0.1) is 11.3 Å². The highest BCUT2D eigenvalue weighted by Gasteiger charge is 2.22. The van der Waals surface area contributed by atoms with Crippen molar-refractivity contribution in [3.8, 4) is 10.8 Å². The number of piperazine rings is 1. The number of thiophene rings is 1. The maximum atomic E-state index is 12.4. The maximum absolute atomic E-state index is 12.4. The molecule has 0 aliphatic carbocycles.